The fourth-order valence-corrected chi connectivity index (χ4v) is 3.29. The van der Waals surface area contributed by atoms with Crippen LogP contribution in [0.5, 0.6) is 0 Å². The van der Waals surface area contributed by atoms with Crippen molar-refractivity contribution in [3.05, 3.63) is 52.1 Å². The van der Waals surface area contributed by atoms with Crippen molar-refractivity contribution in [1.82, 2.24) is 15.1 Å². The van der Waals surface area contributed by atoms with Crippen molar-refractivity contribution in [3.8, 4) is 0 Å². The van der Waals surface area contributed by atoms with E-state index in [2.05, 4.69) is 10.2 Å². The van der Waals surface area contributed by atoms with Gasteiger partial charge in [0, 0.05) is 35.3 Å². The molecule has 1 aliphatic heterocycles. The number of aryl methyl sites for hydroxylation is 1. The molecule has 1 saturated heterocycles. The predicted molar refractivity (Wildman–Crippen MR) is 87.0 cm³/mol. The van der Waals surface area contributed by atoms with Gasteiger partial charge in [-0.3, -0.25) is 9.89 Å². The SMILES string of the molecule is Cc1cc([C@H]2CCCN(C(=O)Cc3c(F)cccc3Cl)C2)n[nH]1. The monoisotopic (exact) mass is 335 g/mol. The van der Waals surface area contributed by atoms with Gasteiger partial charge in [-0.15, -0.1) is 0 Å². The van der Waals surface area contributed by atoms with Crippen molar-refractivity contribution in [2.24, 2.45) is 0 Å². The highest BCUT2D eigenvalue weighted by Crippen LogP contribution is 2.27. The van der Waals surface area contributed by atoms with Crippen LogP contribution < -0.4 is 0 Å². The third-order valence-electron chi connectivity index (χ3n) is 4.31. The standard InChI is InChI=1S/C17H19ClFN3O/c1-11-8-16(21-20-11)12-4-3-7-22(10-12)17(23)9-13-14(18)5-2-6-15(13)19/h2,5-6,8,12H,3-4,7,9-10H2,1H3,(H,20,21)/t12-/m0/s1. The van der Waals surface area contributed by atoms with Gasteiger partial charge >= 0.3 is 0 Å². The largest absolute Gasteiger partial charge is 0.342 e. The number of carbonyl (C=O) groups excluding carboxylic acids is 1. The Morgan fingerprint density at radius 2 is 2.35 bits per heavy atom. The van der Waals surface area contributed by atoms with Crippen molar-refractivity contribution in [2.75, 3.05) is 13.1 Å². The Bertz CT molecular complexity index is 695. The Morgan fingerprint density at radius 3 is 3.04 bits per heavy atom. The van der Waals surface area contributed by atoms with Gasteiger partial charge in [-0.25, -0.2) is 4.39 Å². The molecule has 1 aromatic heterocycles. The van der Waals surface area contributed by atoms with Crippen LogP contribution in [-0.2, 0) is 11.2 Å². The molecule has 2 heterocycles. The lowest BCUT2D eigenvalue weighted by molar-refractivity contribution is -0.131. The molecule has 23 heavy (non-hydrogen) atoms. The van der Waals surface area contributed by atoms with Crippen LogP contribution in [0.25, 0.3) is 0 Å². The van der Waals surface area contributed by atoms with Crippen LogP contribution in [0.2, 0.25) is 5.02 Å². The van der Waals surface area contributed by atoms with Gasteiger partial charge in [-0.2, -0.15) is 5.10 Å². The maximum atomic E-state index is 13.9. The minimum atomic E-state index is -0.428. The van der Waals surface area contributed by atoms with Crippen LogP contribution in [0, 0.1) is 12.7 Å². The number of piperidine rings is 1. The average Bonchev–Trinajstić information content (AvgIpc) is 2.97. The topological polar surface area (TPSA) is 49.0 Å². The van der Waals surface area contributed by atoms with Crippen LogP contribution in [0.1, 0.15) is 35.7 Å². The summed E-state index contributed by atoms with van der Waals surface area (Å²) < 4.78 is 13.9. The van der Waals surface area contributed by atoms with Crippen molar-refractivity contribution in [3.63, 3.8) is 0 Å². The first kappa shape index (κ1) is 16.0. The van der Waals surface area contributed by atoms with Gasteiger partial charge in [0.1, 0.15) is 5.82 Å². The van der Waals surface area contributed by atoms with Crippen LogP contribution >= 0.6 is 11.6 Å². The highest BCUT2D eigenvalue weighted by Gasteiger charge is 2.27. The minimum Gasteiger partial charge on any atom is -0.342 e. The number of aromatic nitrogens is 2. The summed E-state index contributed by atoms with van der Waals surface area (Å²) in [5, 5.41) is 7.55. The molecule has 0 spiro atoms. The summed E-state index contributed by atoms with van der Waals surface area (Å²) in [5.41, 5.74) is 2.28. The van der Waals surface area contributed by atoms with Crippen molar-refractivity contribution in [2.45, 2.75) is 32.1 Å². The quantitative estimate of drug-likeness (QED) is 0.933. The van der Waals surface area contributed by atoms with E-state index in [0.29, 0.717) is 18.1 Å². The van der Waals surface area contributed by atoms with Crippen molar-refractivity contribution >= 4 is 17.5 Å². The van der Waals surface area contributed by atoms with E-state index in [1.54, 1.807) is 17.0 Å². The first-order valence-electron chi connectivity index (χ1n) is 7.77. The minimum absolute atomic E-state index is 0.00216. The highest BCUT2D eigenvalue weighted by molar-refractivity contribution is 6.31. The van der Waals surface area contributed by atoms with Gasteiger partial charge in [0.05, 0.1) is 12.1 Å². The lowest BCUT2D eigenvalue weighted by Gasteiger charge is -2.32. The van der Waals surface area contributed by atoms with Crippen molar-refractivity contribution in [1.29, 1.82) is 0 Å². The molecule has 122 valence electrons. The Morgan fingerprint density at radius 1 is 1.52 bits per heavy atom. The van der Waals surface area contributed by atoms with Gasteiger partial charge < -0.3 is 4.90 Å². The van der Waals surface area contributed by atoms with E-state index < -0.39 is 5.82 Å². The molecular formula is C17H19ClFN3O. The predicted octanol–water partition coefficient (Wildman–Crippen LogP) is 3.46. The van der Waals surface area contributed by atoms with Gasteiger partial charge in [0.15, 0.2) is 0 Å². The molecule has 0 radical (unpaired) electrons. The zero-order valence-electron chi connectivity index (χ0n) is 13.0. The molecule has 1 N–H and O–H groups in total. The summed E-state index contributed by atoms with van der Waals surface area (Å²) in [6, 6.07) is 6.51. The smallest absolute Gasteiger partial charge is 0.227 e. The second kappa shape index (κ2) is 6.71. The summed E-state index contributed by atoms with van der Waals surface area (Å²) >= 11 is 6.01. The van der Waals surface area contributed by atoms with E-state index in [1.165, 1.54) is 6.07 Å². The number of carbonyl (C=O) groups is 1. The molecule has 2 aromatic rings. The number of rotatable bonds is 3. The summed E-state index contributed by atoms with van der Waals surface area (Å²) in [5.74, 6) is -0.287. The van der Waals surface area contributed by atoms with Crippen LogP contribution in [0.4, 0.5) is 4.39 Å². The van der Waals surface area contributed by atoms with E-state index in [4.69, 9.17) is 11.6 Å². The summed E-state index contributed by atoms with van der Waals surface area (Å²) in [7, 11) is 0. The number of nitrogens with zero attached hydrogens (tertiary/aromatic N) is 2. The molecule has 0 aliphatic carbocycles. The molecule has 0 unspecified atom stereocenters. The van der Waals surface area contributed by atoms with Crippen LogP contribution in [0.3, 0.4) is 0 Å². The van der Waals surface area contributed by atoms with Gasteiger partial charge in [0.2, 0.25) is 5.91 Å². The normalized spacial score (nSPS) is 18.2. The number of hydrogen-bond donors (Lipinski definition) is 1. The Labute approximate surface area is 139 Å². The molecule has 1 fully saturated rings. The summed E-state index contributed by atoms with van der Waals surface area (Å²) in [6.07, 6.45) is 1.93. The van der Waals surface area contributed by atoms with Gasteiger partial charge in [-0.05, 0) is 38.0 Å². The Hall–Kier alpha value is -1.88. The van der Waals surface area contributed by atoms with E-state index in [9.17, 15) is 9.18 Å². The summed E-state index contributed by atoms with van der Waals surface area (Å²) in [6.45, 7) is 3.28. The molecule has 3 rings (SSSR count). The first-order valence-corrected chi connectivity index (χ1v) is 8.15. The molecule has 1 amide bonds. The first-order chi connectivity index (χ1) is 11.0. The Kier molecular flexibility index (Phi) is 4.66. The van der Waals surface area contributed by atoms with Gasteiger partial charge in [-0.1, -0.05) is 17.7 Å². The number of hydrogen-bond acceptors (Lipinski definition) is 2. The molecule has 0 bridgehead atoms. The summed E-state index contributed by atoms with van der Waals surface area (Å²) in [4.78, 5) is 14.3. The number of likely N-dealkylation sites (tertiary alicyclic amines) is 1. The maximum absolute atomic E-state index is 13.9. The second-order valence-corrected chi connectivity index (χ2v) is 6.44. The number of benzene rings is 1. The Balaban J connectivity index is 1.70. The number of halogens is 2. The number of amides is 1. The zero-order valence-corrected chi connectivity index (χ0v) is 13.7. The van der Waals surface area contributed by atoms with Gasteiger partial charge in [0.25, 0.3) is 0 Å². The van der Waals surface area contributed by atoms with Crippen LogP contribution in [0.15, 0.2) is 24.3 Å². The number of aromatic amines is 1. The number of nitrogens with one attached hydrogen (secondary N) is 1. The van der Waals surface area contributed by atoms with E-state index in [-0.39, 0.29) is 23.8 Å². The lowest BCUT2D eigenvalue weighted by atomic mass is 9.94. The van der Waals surface area contributed by atoms with E-state index >= 15 is 0 Å². The molecule has 4 nitrogen and oxygen atoms in total. The molecule has 6 heteroatoms. The second-order valence-electron chi connectivity index (χ2n) is 6.03. The maximum Gasteiger partial charge on any atom is 0.227 e. The van der Waals surface area contributed by atoms with Crippen LogP contribution in [-0.4, -0.2) is 34.1 Å². The third kappa shape index (κ3) is 3.55. The van der Waals surface area contributed by atoms with E-state index in [0.717, 1.165) is 24.2 Å². The molecule has 1 atom stereocenters. The van der Waals surface area contributed by atoms with E-state index in [1.807, 2.05) is 13.0 Å². The molecule has 1 aromatic carbocycles. The molecule has 0 saturated carbocycles. The number of H-pyrrole nitrogens is 1. The van der Waals surface area contributed by atoms with Crippen molar-refractivity contribution < 1.29 is 9.18 Å². The molecular weight excluding hydrogens is 317 g/mol. The molecule has 1 aliphatic rings. The fraction of sp³-hybridized carbons (Fsp3) is 0.412. The average molecular weight is 336 g/mol. The fourth-order valence-electron chi connectivity index (χ4n) is 3.06. The zero-order chi connectivity index (χ0) is 16.4. The third-order valence-corrected chi connectivity index (χ3v) is 4.66. The highest BCUT2D eigenvalue weighted by atomic mass is 35.5. The lowest BCUT2D eigenvalue weighted by Crippen LogP contribution is -2.40.